The number of hydrogen-bond donors (Lipinski definition) is 2. The normalized spacial score (nSPS) is 11.4. The average molecular weight is 223 g/mol. The summed E-state index contributed by atoms with van der Waals surface area (Å²) in [6.07, 6.45) is 0. The Labute approximate surface area is 97.3 Å². The number of benzene rings is 1. The van der Waals surface area contributed by atoms with E-state index in [0.29, 0.717) is 12.6 Å². The van der Waals surface area contributed by atoms with E-state index in [1.165, 1.54) is 5.56 Å². The molecule has 16 heavy (non-hydrogen) atoms. The largest absolute Gasteiger partial charge is 0.395 e. The highest BCUT2D eigenvalue weighted by molar-refractivity contribution is 5.21. The fourth-order valence-electron chi connectivity index (χ4n) is 1.63. The molecular weight excluding hydrogens is 202 g/mol. The molecule has 0 heterocycles. The minimum Gasteiger partial charge on any atom is -0.395 e. The molecule has 0 unspecified atom stereocenters. The van der Waals surface area contributed by atoms with Crippen LogP contribution in [0.25, 0.3) is 0 Å². The quantitative estimate of drug-likeness (QED) is 0.766. The number of rotatable bonds is 6. The average Bonchev–Trinajstić information content (AvgIpc) is 2.29. The molecule has 0 bridgehead atoms. The van der Waals surface area contributed by atoms with Crippen LogP contribution in [-0.2, 0) is 13.2 Å². The first-order valence-corrected chi connectivity index (χ1v) is 5.71. The zero-order chi connectivity index (χ0) is 12.0. The van der Waals surface area contributed by atoms with Crippen molar-refractivity contribution in [2.24, 2.45) is 0 Å². The van der Waals surface area contributed by atoms with Crippen molar-refractivity contribution >= 4 is 0 Å². The van der Waals surface area contributed by atoms with Crippen LogP contribution in [0.3, 0.4) is 0 Å². The van der Waals surface area contributed by atoms with Crippen molar-refractivity contribution in [3.05, 3.63) is 35.4 Å². The van der Waals surface area contributed by atoms with Crippen molar-refractivity contribution in [3.63, 3.8) is 0 Å². The molecule has 0 amide bonds. The van der Waals surface area contributed by atoms with E-state index in [4.69, 9.17) is 10.2 Å². The second-order valence-electron chi connectivity index (χ2n) is 4.26. The van der Waals surface area contributed by atoms with Gasteiger partial charge in [-0.3, -0.25) is 4.90 Å². The lowest BCUT2D eigenvalue weighted by Crippen LogP contribution is -2.32. The fraction of sp³-hybridized carbons (Fsp3) is 0.538. The summed E-state index contributed by atoms with van der Waals surface area (Å²) in [6, 6.07) is 8.35. The van der Waals surface area contributed by atoms with Gasteiger partial charge in [0.05, 0.1) is 13.2 Å². The highest BCUT2D eigenvalue weighted by Gasteiger charge is 2.08. The molecule has 0 aliphatic rings. The molecule has 0 aromatic heterocycles. The van der Waals surface area contributed by atoms with E-state index in [0.717, 1.165) is 12.1 Å². The molecule has 0 fully saturated rings. The van der Waals surface area contributed by atoms with Gasteiger partial charge in [0, 0.05) is 19.1 Å². The third-order valence-corrected chi connectivity index (χ3v) is 2.71. The van der Waals surface area contributed by atoms with Crippen LogP contribution in [0.15, 0.2) is 24.3 Å². The van der Waals surface area contributed by atoms with E-state index in [1.807, 2.05) is 24.3 Å². The summed E-state index contributed by atoms with van der Waals surface area (Å²) in [5, 5.41) is 17.9. The lowest BCUT2D eigenvalue weighted by molar-refractivity contribution is 0.159. The third-order valence-electron chi connectivity index (χ3n) is 2.71. The van der Waals surface area contributed by atoms with E-state index in [1.54, 1.807) is 0 Å². The number of aliphatic hydroxyl groups excluding tert-OH is 2. The molecule has 2 N–H and O–H groups in total. The Morgan fingerprint density at radius 2 is 1.62 bits per heavy atom. The van der Waals surface area contributed by atoms with Gasteiger partial charge in [-0.1, -0.05) is 24.3 Å². The Balaban J connectivity index is 2.62. The first-order valence-electron chi connectivity index (χ1n) is 5.71. The van der Waals surface area contributed by atoms with Gasteiger partial charge in [0.2, 0.25) is 0 Å². The molecule has 0 saturated heterocycles. The number of aliphatic hydroxyl groups is 2. The van der Waals surface area contributed by atoms with Crippen molar-refractivity contribution in [1.29, 1.82) is 0 Å². The van der Waals surface area contributed by atoms with Gasteiger partial charge in [0.1, 0.15) is 0 Å². The summed E-state index contributed by atoms with van der Waals surface area (Å²) in [4.78, 5) is 2.22. The van der Waals surface area contributed by atoms with Crippen molar-refractivity contribution in [3.8, 4) is 0 Å². The number of hydrogen-bond acceptors (Lipinski definition) is 3. The summed E-state index contributed by atoms with van der Waals surface area (Å²) in [6.45, 7) is 6.05. The highest BCUT2D eigenvalue weighted by Crippen LogP contribution is 2.09. The van der Waals surface area contributed by atoms with Gasteiger partial charge < -0.3 is 10.2 Å². The molecule has 0 saturated carbocycles. The summed E-state index contributed by atoms with van der Waals surface area (Å²) >= 11 is 0. The van der Waals surface area contributed by atoms with Crippen molar-refractivity contribution in [2.75, 3.05) is 13.2 Å². The van der Waals surface area contributed by atoms with Crippen LogP contribution >= 0.6 is 0 Å². The first-order chi connectivity index (χ1) is 7.67. The van der Waals surface area contributed by atoms with Crippen molar-refractivity contribution in [1.82, 2.24) is 4.90 Å². The van der Waals surface area contributed by atoms with Gasteiger partial charge in [0.15, 0.2) is 0 Å². The first kappa shape index (κ1) is 13.2. The third kappa shape index (κ3) is 3.93. The van der Waals surface area contributed by atoms with Crippen LogP contribution in [0.1, 0.15) is 25.0 Å². The summed E-state index contributed by atoms with van der Waals surface area (Å²) < 4.78 is 0. The predicted octanol–water partition coefficient (Wildman–Crippen LogP) is 1.38. The van der Waals surface area contributed by atoms with E-state index < -0.39 is 0 Å². The minimum atomic E-state index is 0.0881. The molecular formula is C13H21NO2. The molecule has 90 valence electrons. The summed E-state index contributed by atoms with van der Waals surface area (Å²) in [7, 11) is 0. The highest BCUT2D eigenvalue weighted by atomic mass is 16.3. The van der Waals surface area contributed by atoms with E-state index in [-0.39, 0.29) is 13.2 Å². The smallest absolute Gasteiger partial charge is 0.0681 e. The molecule has 1 aromatic rings. The van der Waals surface area contributed by atoms with Gasteiger partial charge >= 0.3 is 0 Å². The van der Waals surface area contributed by atoms with Gasteiger partial charge in [0.25, 0.3) is 0 Å². The maximum absolute atomic E-state index is 8.97. The van der Waals surface area contributed by atoms with Crippen LogP contribution in [-0.4, -0.2) is 34.3 Å². The summed E-state index contributed by atoms with van der Waals surface area (Å²) in [5.74, 6) is 0. The maximum atomic E-state index is 8.97. The van der Waals surface area contributed by atoms with Crippen LogP contribution in [0.4, 0.5) is 0 Å². The van der Waals surface area contributed by atoms with E-state index in [9.17, 15) is 0 Å². The molecule has 0 atom stereocenters. The van der Waals surface area contributed by atoms with Crippen LogP contribution in [0.2, 0.25) is 0 Å². The molecule has 3 heteroatoms. The topological polar surface area (TPSA) is 43.7 Å². The zero-order valence-corrected chi connectivity index (χ0v) is 10.1. The van der Waals surface area contributed by atoms with Gasteiger partial charge in [-0.2, -0.15) is 0 Å². The predicted molar refractivity (Wildman–Crippen MR) is 65.0 cm³/mol. The minimum absolute atomic E-state index is 0.0881. The number of nitrogens with zero attached hydrogens (tertiary/aromatic N) is 1. The Bertz CT molecular complexity index is 295. The monoisotopic (exact) mass is 223 g/mol. The van der Waals surface area contributed by atoms with Gasteiger partial charge in [-0.05, 0) is 25.0 Å². The van der Waals surface area contributed by atoms with Crippen LogP contribution in [0.5, 0.6) is 0 Å². The van der Waals surface area contributed by atoms with Crippen LogP contribution < -0.4 is 0 Å². The Morgan fingerprint density at radius 1 is 1.06 bits per heavy atom. The van der Waals surface area contributed by atoms with Gasteiger partial charge in [-0.25, -0.2) is 0 Å². The molecule has 0 spiro atoms. The van der Waals surface area contributed by atoms with Crippen LogP contribution in [0, 0.1) is 0 Å². The van der Waals surface area contributed by atoms with Crippen molar-refractivity contribution < 1.29 is 10.2 Å². The lowest BCUT2D eigenvalue weighted by Gasteiger charge is -2.25. The van der Waals surface area contributed by atoms with Gasteiger partial charge in [-0.15, -0.1) is 0 Å². The Morgan fingerprint density at radius 3 is 2.06 bits per heavy atom. The molecule has 0 aliphatic heterocycles. The standard InChI is InChI=1S/C13H21NO2/c1-11(2)14(7-8-15)9-12-3-5-13(10-16)6-4-12/h3-6,11,15-16H,7-10H2,1-2H3. The fourth-order valence-corrected chi connectivity index (χ4v) is 1.63. The second kappa shape index (κ2) is 6.63. The van der Waals surface area contributed by atoms with E-state index >= 15 is 0 Å². The lowest BCUT2D eigenvalue weighted by atomic mass is 10.1. The Hall–Kier alpha value is -0.900. The molecule has 1 rings (SSSR count). The zero-order valence-electron chi connectivity index (χ0n) is 10.1. The molecule has 3 nitrogen and oxygen atoms in total. The van der Waals surface area contributed by atoms with E-state index in [2.05, 4.69) is 18.7 Å². The summed E-state index contributed by atoms with van der Waals surface area (Å²) in [5.41, 5.74) is 2.14. The maximum Gasteiger partial charge on any atom is 0.0681 e. The molecule has 1 aromatic carbocycles. The Kier molecular flexibility index (Phi) is 5.46. The van der Waals surface area contributed by atoms with Crippen molar-refractivity contribution in [2.45, 2.75) is 33.0 Å². The second-order valence-corrected chi connectivity index (χ2v) is 4.26. The SMILES string of the molecule is CC(C)N(CCO)Cc1ccc(CO)cc1. The molecule has 0 radical (unpaired) electrons. The molecule has 0 aliphatic carbocycles.